The first-order valence-electron chi connectivity index (χ1n) is 6.97. The van der Waals surface area contributed by atoms with Gasteiger partial charge in [0.15, 0.2) is 0 Å². The molecule has 1 fully saturated rings. The molecule has 1 aromatic carbocycles. The molecule has 1 aliphatic carbocycles. The molecule has 3 rings (SSSR count). The third kappa shape index (κ3) is 3.17. The number of furan rings is 1. The van der Waals surface area contributed by atoms with Crippen molar-refractivity contribution >= 4 is 17.3 Å². The van der Waals surface area contributed by atoms with Crippen LogP contribution in [-0.2, 0) is 13.1 Å². The van der Waals surface area contributed by atoms with Crippen molar-refractivity contribution in [3.05, 3.63) is 52.9 Å². The summed E-state index contributed by atoms with van der Waals surface area (Å²) in [6, 6.07) is 8.75. The molecule has 1 saturated carbocycles. The number of nitrogens with one attached hydrogen (secondary N) is 1. The molecule has 0 aliphatic heterocycles. The second kappa shape index (κ2) is 5.90. The normalized spacial score (nSPS) is 14.5. The summed E-state index contributed by atoms with van der Waals surface area (Å²) >= 11 is 6.37. The Morgan fingerprint density at radius 3 is 2.90 bits per heavy atom. The zero-order valence-electron chi connectivity index (χ0n) is 11.6. The lowest BCUT2D eigenvalue weighted by molar-refractivity contribution is 0.563. The van der Waals surface area contributed by atoms with Crippen LogP contribution in [0.4, 0.5) is 5.69 Å². The molecule has 1 N–H and O–H groups in total. The van der Waals surface area contributed by atoms with Crippen molar-refractivity contribution in [2.45, 2.75) is 32.0 Å². The summed E-state index contributed by atoms with van der Waals surface area (Å²) in [5.41, 5.74) is 3.51. The molecule has 1 heterocycles. The van der Waals surface area contributed by atoms with Gasteiger partial charge in [0.1, 0.15) is 0 Å². The molecule has 3 nitrogen and oxygen atoms in total. The molecular formula is C16H19ClN2O. The van der Waals surface area contributed by atoms with Crippen molar-refractivity contribution in [2.75, 3.05) is 11.9 Å². The highest BCUT2D eigenvalue weighted by atomic mass is 35.5. The van der Waals surface area contributed by atoms with Gasteiger partial charge in [-0.25, -0.2) is 0 Å². The Bertz CT molecular complexity index is 564. The van der Waals surface area contributed by atoms with E-state index in [2.05, 4.69) is 23.3 Å². The molecule has 0 atom stereocenters. The lowest BCUT2D eigenvalue weighted by Crippen LogP contribution is -2.21. The highest BCUT2D eigenvalue weighted by molar-refractivity contribution is 6.31. The van der Waals surface area contributed by atoms with Crippen LogP contribution >= 0.6 is 11.6 Å². The number of hydrogen-bond acceptors (Lipinski definition) is 3. The Balaban J connectivity index is 1.77. The fourth-order valence-electron chi connectivity index (χ4n) is 2.36. The summed E-state index contributed by atoms with van der Waals surface area (Å²) in [6.45, 7) is 1.64. The lowest BCUT2D eigenvalue weighted by atomic mass is 10.1. The van der Waals surface area contributed by atoms with Crippen LogP contribution in [0.25, 0.3) is 0 Å². The van der Waals surface area contributed by atoms with E-state index in [9.17, 15) is 0 Å². The van der Waals surface area contributed by atoms with Crippen molar-refractivity contribution in [1.29, 1.82) is 0 Å². The van der Waals surface area contributed by atoms with Crippen LogP contribution in [0, 0.1) is 0 Å². The molecule has 0 saturated heterocycles. The summed E-state index contributed by atoms with van der Waals surface area (Å²) in [4.78, 5) is 2.21. The molecule has 0 unspecified atom stereocenters. The van der Waals surface area contributed by atoms with Crippen molar-refractivity contribution < 1.29 is 4.42 Å². The minimum absolute atomic E-state index is 0.679. The van der Waals surface area contributed by atoms with E-state index in [-0.39, 0.29) is 0 Å². The predicted octanol–water partition coefficient (Wildman–Crippen LogP) is 3.82. The molecule has 0 bridgehead atoms. The topological polar surface area (TPSA) is 28.4 Å². The van der Waals surface area contributed by atoms with E-state index >= 15 is 0 Å². The number of nitrogens with zero attached hydrogens (tertiary/aromatic N) is 1. The van der Waals surface area contributed by atoms with Crippen LogP contribution < -0.4 is 10.2 Å². The summed E-state index contributed by atoms with van der Waals surface area (Å²) in [7, 11) is 2.08. The average Bonchev–Trinajstić information content (AvgIpc) is 3.13. The molecule has 4 heteroatoms. The Labute approximate surface area is 124 Å². The van der Waals surface area contributed by atoms with E-state index < -0.39 is 0 Å². The minimum Gasteiger partial charge on any atom is -0.472 e. The molecule has 0 radical (unpaired) electrons. The van der Waals surface area contributed by atoms with Gasteiger partial charge in [-0.15, -0.1) is 0 Å². The van der Waals surface area contributed by atoms with Crippen LogP contribution in [0.3, 0.4) is 0 Å². The molecule has 1 aromatic heterocycles. The minimum atomic E-state index is 0.679. The van der Waals surface area contributed by atoms with Crippen LogP contribution in [0.1, 0.15) is 24.0 Å². The number of hydrogen-bond donors (Lipinski definition) is 1. The summed E-state index contributed by atoms with van der Waals surface area (Å²) < 4.78 is 5.13. The molecular weight excluding hydrogens is 272 g/mol. The van der Waals surface area contributed by atoms with Gasteiger partial charge in [0.05, 0.1) is 12.5 Å². The summed E-state index contributed by atoms with van der Waals surface area (Å²) in [5, 5.41) is 4.37. The maximum atomic E-state index is 6.37. The molecule has 20 heavy (non-hydrogen) atoms. The van der Waals surface area contributed by atoms with Gasteiger partial charge in [0.25, 0.3) is 0 Å². The maximum Gasteiger partial charge on any atom is 0.0952 e. The van der Waals surface area contributed by atoms with Crippen LogP contribution in [0.15, 0.2) is 41.2 Å². The third-order valence-electron chi connectivity index (χ3n) is 3.65. The van der Waals surface area contributed by atoms with E-state index in [0.717, 1.165) is 23.7 Å². The van der Waals surface area contributed by atoms with E-state index in [4.69, 9.17) is 16.0 Å². The van der Waals surface area contributed by atoms with Gasteiger partial charge in [0, 0.05) is 48.0 Å². The van der Waals surface area contributed by atoms with E-state index in [1.807, 2.05) is 18.2 Å². The highest BCUT2D eigenvalue weighted by Crippen LogP contribution is 2.29. The summed E-state index contributed by atoms with van der Waals surface area (Å²) in [5.74, 6) is 0. The fourth-order valence-corrected chi connectivity index (χ4v) is 2.59. The molecule has 106 valence electrons. The lowest BCUT2D eigenvalue weighted by Gasteiger charge is -2.23. The van der Waals surface area contributed by atoms with Gasteiger partial charge in [-0.3, -0.25) is 0 Å². The summed E-state index contributed by atoms with van der Waals surface area (Å²) in [6.07, 6.45) is 6.05. The quantitative estimate of drug-likeness (QED) is 0.877. The largest absolute Gasteiger partial charge is 0.472 e. The number of rotatable bonds is 6. The maximum absolute atomic E-state index is 6.37. The number of anilines is 1. The van der Waals surface area contributed by atoms with Crippen LogP contribution in [0.5, 0.6) is 0 Å². The molecule has 2 aromatic rings. The highest BCUT2D eigenvalue weighted by Gasteiger charge is 2.21. The third-order valence-corrected chi connectivity index (χ3v) is 4.00. The standard InChI is InChI=1S/C16H19ClN2O/c1-19(10-12-7-8-20-11-12)16-4-2-3-15(17)14(16)9-18-13-5-6-13/h2-4,7-8,11,13,18H,5-6,9-10H2,1H3. The van der Waals surface area contributed by atoms with Gasteiger partial charge in [-0.1, -0.05) is 17.7 Å². The van der Waals surface area contributed by atoms with Crippen molar-refractivity contribution in [2.24, 2.45) is 0 Å². The van der Waals surface area contributed by atoms with Crippen molar-refractivity contribution in [3.63, 3.8) is 0 Å². The Morgan fingerprint density at radius 1 is 1.35 bits per heavy atom. The smallest absolute Gasteiger partial charge is 0.0952 e. The zero-order valence-corrected chi connectivity index (χ0v) is 12.4. The Kier molecular flexibility index (Phi) is 3.99. The second-order valence-corrected chi connectivity index (χ2v) is 5.79. The number of halogens is 1. The number of benzene rings is 1. The van der Waals surface area contributed by atoms with Gasteiger partial charge >= 0.3 is 0 Å². The predicted molar refractivity (Wildman–Crippen MR) is 82.1 cm³/mol. The van der Waals surface area contributed by atoms with Crippen molar-refractivity contribution in [3.8, 4) is 0 Å². The first-order chi connectivity index (χ1) is 9.74. The molecule has 0 amide bonds. The van der Waals surface area contributed by atoms with Crippen LogP contribution in [-0.4, -0.2) is 13.1 Å². The van der Waals surface area contributed by atoms with E-state index in [1.54, 1.807) is 12.5 Å². The first kappa shape index (κ1) is 13.5. The molecule has 0 spiro atoms. The first-order valence-corrected chi connectivity index (χ1v) is 7.35. The van der Waals surface area contributed by atoms with Gasteiger partial charge in [-0.2, -0.15) is 0 Å². The Hall–Kier alpha value is -1.45. The van der Waals surface area contributed by atoms with Crippen LogP contribution in [0.2, 0.25) is 5.02 Å². The van der Waals surface area contributed by atoms with Gasteiger partial charge in [-0.05, 0) is 31.0 Å². The van der Waals surface area contributed by atoms with E-state index in [1.165, 1.54) is 24.1 Å². The molecule has 1 aliphatic rings. The monoisotopic (exact) mass is 290 g/mol. The van der Waals surface area contributed by atoms with Gasteiger partial charge in [0.2, 0.25) is 0 Å². The Morgan fingerprint density at radius 2 is 2.20 bits per heavy atom. The van der Waals surface area contributed by atoms with E-state index in [0.29, 0.717) is 6.04 Å². The SMILES string of the molecule is CN(Cc1ccoc1)c1cccc(Cl)c1CNC1CC1. The fraction of sp³-hybridized carbons (Fsp3) is 0.375. The van der Waals surface area contributed by atoms with Crippen molar-refractivity contribution in [1.82, 2.24) is 5.32 Å². The zero-order chi connectivity index (χ0) is 13.9. The van der Waals surface area contributed by atoms with Gasteiger partial charge < -0.3 is 14.6 Å². The average molecular weight is 291 g/mol. The second-order valence-electron chi connectivity index (χ2n) is 5.38.